The molecule has 0 aliphatic carbocycles. The highest BCUT2D eigenvalue weighted by atomic mass is 19.1. The lowest BCUT2D eigenvalue weighted by atomic mass is 10.1. The Morgan fingerprint density at radius 3 is 2.86 bits per heavy atom. The summed E-state index contributed by atoms with van der Waals surface area (Å²) >= 11 is 0. The molecule has 108 valence electrons. The van der Waals surface area contributed by atoms with Gasteiger partial charge >= 0.3 is 0 Å². The van der Waals surface area contributed by atoms with Crippen LogP contribution in [0.1, 0.15) is 16.7 Å². The van der Waals surface area contributed by atoms with E-state index in [1.54, 1.807) is 12.3 Å². The molecule has 1 aromatic carbocycles. The van der Waals surface area contributed by atoms with Gasteiger partial charge in [-0.1, -0.05) is 6.07 Å². The molecule has 0 bridgehead atoms. The number of fused-ring (bicyclic) bond motifs is 1. The van der Waals surface area contributed by atoms with Crippen LogP contribution in [0.25, 0.3) is 11.0 Å². The number of rotatable bonds is 4. The Bertz CT molecular complexity index is 777. The molecule has 0 saturated heterocycles. The monoisotopic (exact) mass is 283 g/mol. The summed E-state index contributed by atoms with van der Waals surface area (Å²) in [5.74, 6) is -0.192. The predicted octanol–water partition coefficient (Wildman–Crippen LogP) is 3.25. The van der Waals surface area contributed by atoms with Gasteiger partial charge in [0.05, 0.1) is 0 Å². The van der Waals surface area contributed by atoms with E-state index in [0.29, 0.717) is 6.54 Å². The number of aryl methyl sites for hydroxylation is 1. The Morgan fingerprint density at radius 1 is 1.24 bits per heavy atom. The Labute approximate surface area is 123 Å². The number of nitrogens with zero attached hydrogens (tertiary/aromatic N) is 2. The van der Waals surface area contributed by atoms with Crippen LogP contribution in [0.5, 0.6) is 0 Å². The van der Waals surface area contributed by atoms with Crippen molar-refractivity contribution < 1.29 is 4.39 Å². The standard InChI is InChI=1S/C17H18FN3/c1-12-8-15(18)6-5-13(12)10-21-11-14(9-19-2)16-4-3-7-20-17(16)21/h3-8,11,19H,9-10H2,1-2H3. The lowest BCUT2D eigenvalue weighted by Gasteiger charge is -2.08. The third-order valence-electron chi connectivity index (χ3n) is 3.73. The van der Waals surface area contributed by atoms with Crippen molar-refractivity contribution in [2.45, 2.75) is 20.0 Å². The molecule has 0 aliphatic heterocycles. The second-order valence-electron chi connectivity index (χ2n) is 5.26. The number of benzene rings is 1. The number of hydrogen-bond acceptors (Lipinski definition) is 2. The normalized spacial score (nSPS) is 11.2. The van der Waals surface area contributed by atoms with Gasteiger partial charge in [-0.3, -0.25) is 0 Å². The summed E-state index contributed by atoms with van der Waals surface area (Å²) in [7, 11) is 1.93. The van der Waals surface area contributed by atoms with Crippen LogP contribution >= 0.6 is 0 Å². The molecule has 0 amide bonds. The molecule has 3 nitrogen and oxygen atoms in total. The van der Waals surface area contributed by atoms with E-state index in [4.69, 9.17) is 0 Å². The van der Waals surface area contributed by atoms with Gasteiger partial charge in [0.2, 0.25) is 0 Å². The lowest BCUT2D eigenvalue weighted by molar-refractivity contribution is 0.625. The van der Waals surface area contributed by atoms with Crippen LogP contribution in [0.3, 0.4) is 0 Å². The van der Waals surface area contributed by atoms with Crippen molar-refractivity contribution in [2.75, 3.05) is 7.05 Å². The molecule has 2 aromatic heterocycles. The fraction of sp³-hybridized carbons (Fsp3) is 0.235. The van der Waals surface area contributed by atoms with Gasteiger partial charge in [0.1, 0.15) is 11.5 Å². The molecular formula is C17H18FN3. The van der Waals surface area contributed by atoms with Crippen LogP contribution in [-0.4, -0.2) is 16.6 Å². The van der Waals surface area contributed by atoms with Crippen molar-refractivity contribution >= 4 is 11.0 Å². The van der Waals surface area contributed by atoms with E-state index in [0.717, 1.165) is 28.7 Å². The zero-order valence-corrected chi connectivity index (χ0v) is 12.2. The average Bonchev–Trinajstić information content (AvgIpc) is 2.81. The number of halogens is 1. The minimum Gasteiger partial charge on any atom is -0.328 e. The van der Waals surface area contributed by atoms with E-state index in [1.807, 2.05) is 26.1 Å². The topological polar surface area (TPSA) is 29.9 Å². The van der Waals surface area contributed by atoms with Gasteiger partial charge in [-0.05, 0) is 54.9 Å². The number of nitrogens with one attached hydrogen (secondary N) is 1. The van der Waals surface area contributed by atoms with E-state index < -0.39 is 0 Å². The van der Waals surface area contributed by atoms with Crippen LogP contribution in [0, 0.1) is 12.7 Å². The average molecular weight is 283 g/mol. The van der Waals surface area contributed by atoms with Gasteiger partial charge in [-0.15, -0.1) is 0 Å². The first-order valence-electron chi connectivity index (χ1n) is 7.01. The van der Waals surface area contributed by atoms with E-state index in [2.05, 4.69) is 27.1 Å². The summed E-state index contributed by atoms with van der Waals surface area (Å²) in [6, 6.07) is 8.97. The first-order chi connectivity index (χ1) is 10.2. The van der Waals surface area contributed by atoms with Gasteiger partial charge in [0.25, 0.3) is 0 Å². The number of aromatic nitrogens is 2. The van der Waals surface area contributed by atoms with E-state index >= 15 is 0 Å². The van der Waals surface area contributed by atoms with Crippen LogP contribution < -0.4 is 5.32 Å². The second kappa shape index (κ2) is 5.66. The zero-order chi connectivity index (χ0) is 14.8. The van der Waals surface area contributed by atoms with Gasteiger partial charge in [0, 0.05) is 30.9 Å². The molecule has 1 N–H and O–H groups in total. The van der Waals surface area contributed by atoms with Crippen molar-refractivity contribution in [2.24, 2.45) is 0 Å². The van der Waals surface area contributed by atoms with E-state index in [1.165, 1.54) is 11.6 Å². The summed E-state index contributed by atoms with van der Waals surface area (Å²) in [6.45, 7) is 3.44. The Balaban J connectivity index is 2.04. The van der Waals surface area contributed by atoms with Gasteiger partial charge in [0.15, 0.2) is 0 Å². The first-order valence-corrected chi connectivity index (χ1v) is 7.01. The molecule has 3 rings (SSSR count). The van der Waals surface area contributed by atoms with Crippen molar-refractivity contribution in [1.82, 2.24) is 14.9 Å². The largest absolute Gasteiger partial charge is 0.328 e. The lowest BCUT2D eigenvalue weighted by Crippen LogP contribution is -2.04. The van der Waals surface area contributed by atoms with Crippen molar-refractivity contribution in [1.29, 1.82) is 0 Å². The molecular weight excluding hydrogens is 265 g/mol. The summed E-state index contributed by atoms with van der Waals surface area (Å²) in [5, 5.41) is 4.34. The molecule has 2 heterocycles. The summed E-state index contributed by atoms with van der Waals surface area (Å²) in [4.78, 5) is 4.49. The molecule has 0 saturated carbocycles. The first kappa shape index (κ1) is 13.8. The third-order valence-corrected chi connectivity index (χ3v) is 3.73. The van der Waals surface area contributed by atoms with E-state index in [-0.39, 0.29) is 5.82 Å². The minimum atomic E-state index is -0.192. The molecule has 0 fully saturated rings. The molecule has 0 aliphatic rings. The summed E-state index contributed by atoms with van der Waals surface area (Å²) < 4.78 is 15.3. The van der Waals surface area contributed by atoms with Crippen molar-refractivity contribution in [3.8, 4) is 0 Å². The fourth-order valence-electron chi connectivity index (χ4n) is 2.67. The van der Waals surface area contributed by atoms with Gasteiger partial charge < -0.3 is 9.88 Å². The third kappa shape index (κ3) is 2.67. The predicted molar refractivity (Wildman–Crippen MR) is 82.7 cm³/mol. The molecule has 0 spiro atoms. The van der Waals surface area contributed by atoms with Crippen LogP contribution in [0.15, 0.2) is 42.7 Å². The van der Waals surface area contributed by atoms with Crippen LogP contribution in [0.4, 0.5) is 4.39 Å². The minimum absolute atomic E-state index is 0.192. The summed E-state index contributed by atoms with van der Waals surface area (Å²) in [6.07, 6.45) is 3.93. The second-order valence-corrected chi connectivity index (χ2v) is 5.26. The molecule has 21 heavy (non-hydrogen) atoms. The number of pyridine rings is 1. The maximum atomic E-state index is 13.2. The highest BCUT2D eigenvalue weighted by molar-refractivity contribution is 5.80. The molecule has 4 heteroatoms. The van der Waals surface area contributed by atoms with Gasteiger partial charge in [-0.2, -0.15) is 0 Å². The fourth-order valence-corrected chi connectivity index (χ4v) is 2.67. The quantitative estimate of drug-likeness (QED) is 0.796. The maximum Gasteiger partial charge on any atom is 0.140 e. The molecule has 0 atom stereocenters. The Morgan fingerprint density at radius 2 is 2.10 bits per heavy atom. The van der Waals surface area contributed by atoms with Crippen LogP contribution in [0.2, 0.25) is 0 Å². The van der Waals surface area contributed by atoms with Gasteiger partial charge in [-0.25, -0.2) is 9.37 Å². The maximum absolute atomic E-state index is 13.2. The zero-order valence-electron chi connectivity index (χ0n) is 12.2. The Kier molecular flexibility index (Phi) is 3.71. The molecule has 0 unspecified atom stereocenters. The van der Waals surface area contributed by atoms with Crippen molar-refractivity contribution in [3.63, 3.8) is 0 Å². The highest BCUT2D eigenvalue weighted by Gasteiger charge is 2.10. The highest BCUT2D eigenvalue weighted by Crippen LogP contribution is 2.21. The Hall–Kier alpha value is -2.20. The van der Waals surface area contributed by atoms with Crippen LogP contribution in [-0.2, 0) is 13.1 Å². The SMILES string of the molecule is CNCc1cn(Cc2ccc(F)cc2C)c2ncccc12. The molecule has 3 aromatic rings. The summed E-state index contributed by atoms with van der Waals surface area (Å²) in [5.41, 5.74) is 4.25. The molecule has 0 radical (unpaired) electrons. The smallest absolute Gasteiger partial charge is 0.140 e. The van der Waals surface area contributed by atoms with Crippen molar-refractivity contribution in [3.05, 3.63) is 65.2 Å². The number of hydrogen-bond donors (Lipinski definition) is 1. The van der Waals surface area contributed by atoms with E-state index in [9.17, 15) is 4.39 Å².